The van der Waals surface area contributed by atoms with Gasteiger partial charge >= 0.3 is 0 Å². The zero-order valence-electron chi connectivity index (χ0n) is 17.2. The number of ether oxygens (including phenoxy) is 1. The molecule has 32 heavy (non-hydrogen) atoms. The molecular weight excluding hydrogens is 468 g/mol. The number of hydrogen-bond acceptors (Lipinski definition) is 4. The zero-order chi connectivity index (χ0) is 22.2. The van der Waals surface area contributed by atoms with Crippen molar-refractivity contribution in [1.82, 2.24) is 15.2 Å². The molecule has 0 bridgehead atoms. The van der Waals surface area contributed by atoms with Crippen molar-refractivity contribution in [3.8, 4) is 5.75 Å². The number of carbonyl (C=O) groups is 1. The van der Waals surface area contributed by atoms with E-state index in [1.54, 1.807) is 23.2 Å². The third kappa shape index (κ3) is 5.92. The monoisotopic (exact) mass is 488 g/mol. The number of halogens is 1. The van der Waals surface area contributed by atoms with Gasteiger partial charge in [-0.2, -0.15) is 10.2 Å². The Balaban J connectivity index is 1.37. The molecule has 0 spiro atoms. The number of nitrogens with zero attached hydrogens (tertiary/aromatic N) is 3. The number of benzene rings is 3. The fraction of sp³-hybridized carbons (Fsp3) is 0.0800. The number of nitrogens with one attached hydrogen (secondary N) is 1. The van der Waals surface area contributed by atoms with Crippen molar-refractivity contribution in [3.63, 3.8) is 0 Å². The smallest absolute Gasteiger partial charge is 0.271 e. The Bertz CT molecular complexity index is 1200. The van der Waals surface area contributed by atoms with Crippen LogP contribution in [0.15, 0.2) is 101 Å². The second kappa shape index (κ2) is 10.5. The van der Waals surface area contributed by atoms with Crippen LogP contribution in [-0.2, 0) is 13.2 Å². The van der Waals surface area contributed by atoms with Gasteiger partial charge in [-0.25, -0.2) is 5.43 Å². The van der Waals surface area contributed by atoms with E-state index in [0.29, 0.717) is 24.5 Å². The summed E-state index contributed by atoms with van der Waals surface area (Å²) >= 11 is 3.43. The van der Waals surface area contributed by atoms with Gasteiger partial charge in [0.25, 0.3) is 5.91 Å². The zero-order valence-corrected chi connectivity index (χ0v) is 18.8. The van der Waals surface area contributed by atoms with Crippen LogP contribution in [0.25, 0.3) is 0 Å². The average Bonchev–Trinajstić information content (AvgIpc) is 3.32. The van der Waals surface area contributed by atoms with E-state index in [-0.39, 0.29) is 5.91 Å². The van der Waals surface area contributed by atoms with Gasteiger partial charge in [0, 0.05) is 28.0 Å². The molecule has 0 fully saturated rings. The molecule has 0 atom stereocenters. The molecule has 0 saturated heterocycles. The molecule has 0 saturated carbocycles. The molecule has 1 heterocycles. The van der Waals surface area contributed by atoms with Crippen molar-refractivity contribution in [2.75, 3.05) is 0 Å². The molecule has 1 N–H and O–H groups in total. The van der Waals surface area contributed by atoms with E-state index in [1.807, 2.05) is 79.0 Å². The summed E-state index contributed by atoms with van der Waals surface area (Å²) in [4.78, 5) is 12.5. The van der Waals surface area contributed by atoms with E-state index in [4.69, 9.17) is 4.74 Å². The van der Waals surface area contributed by atoms with Crippen LogP contribution in [0.5, 0.6) is 5.75 Å². The Labute approximate surface area is 194 Å². The van der Waals surface area contributed by atoms with Gasteiger partial charge < -0.3 is 4.74 Å². The molecule has 4 aromatic rings. The summed E-state index contributed by atoms with van der Waals surface area (Å²) in [5.74, 6) is 0.409. The summed E-state index contributed by atoms with van der Waals surface area (Å²) in [6, 6.07) is 24.8. The highest BCUT2D eigenvalue weighted by Crippen LogP contribution is 2.18. The van der Waals surface area contributed by atoms with Gasteiger partial charge in [0.1, 0.15) is 12.4 Å². The summed E-state index contributed by atoms with van der Waals surface area (Å²) in [6.07, 6.45) is 5.20. The number of amides is 1. The first-order valence-corrected chi connectivity index (χ1v) is 10.8. The van der Waals surface area contributed by atoms with Crippen LogP contribution in [-0.4, -0.2) is 21.9 Å². The van der Waals surface area contributed by atoms with Gasteiger partial charge in [-0.15, -0.1) is 0 Å². The first kappa shape index (κ1) is 21.5. The van der Waals surface area contributed by atoms with Crippen LogP contribution < -0.4 is 10.2 Å². The molecule has 3 aromatic carbocycles. The lowest BCUT2D eigenvalue weighted by Crippen LogP contribution is -2.18. The summed E-state index contributed by atoms with van der Waals surface area (Å²) in [5.41, 5.74) is 5.94. The van der Waals surface area contributed by atoms with Gasteiger partial charge in [-0.1, -0.05) is 52.3 Å². The van der Waals surface area contributed by atoms with E-state index in [1.165, 1.54) is 0 Å². The van der Waals surface area contributed by atoms with Gasteiger partial charge in [-0.05, 0) is 53.6 Å². The third-order valence-corrected chi connectivity index (χ3v) is 5.22. The van der Waals surface area contributed by atoms with Crippen LogP contribution in [0.3, 0.4) is 0 Å². The maximum Gasteiger partial charge on any atom is 0.271 e. The number of para-hydroxylation sites is 1. The summed E-state index contributed by atoms with van der Waals surface area (Å²) < 4.78 is 8.77. The SMILES string of the molecule is O=C(N/N=C/c1ccccc1OCc1ccc(Br)cc1)c1cccc(Cn2cccn2)c1. The number of carbonyl (C=O) groups excluding carboxylic acids is 1. The Kier molecular flexibility index (Phi) is 7.09. The topological polar surface area (TPSA) is 68.5 Å². The van der Waals surface area contributed by atoms with Gasteiger partial charge in [0.15, 0.2) is 0 Å². The first-order chi connectivity index (χ1) is 15.7. The second-order valence-electron chi connectivity index (χ2n) is 7.06. The number of hydrazone groups is 1. The van der Waals surface area contributed by atoms with Gasteiger partial charge in [-0.3, -0.25) is 9.48 Å². The lowest BCUT2D eigenvalue weighted by Gasteiger charge is -2.09. The molecule has 0 aliphatic heterocycles. The van der Waals surface area contributed by atoms with Crippen LogP contribution >= 0.6 is 15.9 Å². The summed E-state index contributed by atoms with van der Waals surface area (Å²) in [7, 11) is 0. The lowest BCUT2D eigenvalue weighted by molar-refractivity contribution is 0.0955. The minimum Gasteiger partial charge on any atom is -0.488 e. The Morgan fingerprint density at radius 3 is 2.69 bits per heavy atom. The highest BCUT2D eigenvalue weighted by molar-refractivity contribution is 9.10. The first-order valence-electron chi connectivity index (χ1n) is 10.0. The van der Waals surface area contributed by atoms with Crippen molar-refractivity contribution in [2.45, 2.75) is 13.2 Å². The fourth-order valence-corrected chi connectivity index (χ4v) is 3.34. The maximum atomic E-state index is 12.5. The van der Waals surface area contributed by atoms with Crippen LogP contribution in [0, 0.1) is 0 Å². The molecule has 6 nitrogen and oxygen atoms in total. The third-order valence-electron chi connectivity index (χ3n) is 4.69. The van der Waals surface area contributed by atoms with Crippen molar-refractivity contribution in [1.29, 1.82) is 0 Å². The van der Waals surface area contributed by atoms with Crippen LogP contribution in [0.4, 0.5) is 0 Å². The van der Waals surface area contributed by atoms with Crippen LogP contribution in [0.2, 0.25) is 0 Å². The minimum absolute atomic E-state index is 0.281. The number of hydrogen-bond donors (Lipinski definition) is 1. The molecule has 1 amide bonds. The van der Waals surface area contributed by atoms with E-state index in [9.17, 15) is 4.79 Å². The molecule has 0 radical (unpaired) electrons. The van der Waals surface area contributed by atoms with Crippen LogP contribution in [0.1, 0.15) is 27.0 Å². The maximum absolute atomic E-state index is 12.5. The second-order valence-corrected chi connectivity index (χ2v) is 7.97. The standard InChI is InChI=1S/C25H21BrN4O2/c26-23-11-9-19(10-12-23)18-32-24-8-2-1-6-22(24)16-27-29-25(31)21-7-3-5-20(15-21)17-30-14-4-13-28-30/h1-16H,17-18H2,(H,29,31)/b27-16+. The molecule has 0 aliphatic carbocycles. The molecular formula is C25H21BrN4O2. The predicted molar refractivity (Wildman–Crippen MR) is 128 cm³/mol. The molecule has 1 aromatic heterocycles. The van der Waals surface area contributed by atoms with E-state index in [2.05, 4.69) is 31.6 Å². The molecule has 160 valence electrons. The normalized spacial score (nSPS) is 10.9. The van der Waals surface area contributed by atoms with E-state index in [0.717, 1.165) is 21.2 Å². The van der Waals surface area contributed by atoms with Crippen molar-refractivity contribution in [3.05, 3.63) is 118 Å². The van der Waals surface area contributed by atoms with E-state index < -0.39 is 0 Å². The Morgan fingerprint density at radius 1 is 1.03 bits per heavy atom. The van der Waals surface area contributed by atoms with Gasteiger partial charge in [0.2, 0.25) is 0 Å². The Hall–Kier alpha value is -3.71. The quantitative estimate of drug-likeness (QED) is 0.279. The molecule has 0 aliphatic rings. The summed E-state index contributed by atoms with van der Waals surface area (Å²) in [6.45, 7) is 1.04. The molecule has 4 rings (SSSR count). The number of rotatable bonds is 8. The molecule has 7 heteroatoms. The minimum atomic E-state index is -0.281. The van der Waals surface area contributed by atoms with Crippen molar-refractivity contribution in [2.24, 2.45) is 5.10 Å². The molecule has 0 unspecified atom stereocenters. The predicted octanol–water partition coefficient (Wildman–Crippen LogP) is 5.04. The van der Waals surface area contributed by atoms with Crippen molar-refractivity contribution < 1.29 is 9.53 Å². The summed E-state index contributed by atoms with van der Waals surface area (Å²) in [5, 5.41) is 8.32. The van der Waals surface area contributed by atoms with E-state index >= 15 is 0 Å². The number of aromatic nitrogens is 2. The van der Waals surface area contributed by atoms with Gasteiger partial charge in [0.05, 0.1) is 12.8 Å². The lowest BCUT2D eigenvalue weighted by atomic mass is 10.1. The highest BCUT2D eigenvalue weighted by atomic mass is 79.9. The fourth-order valence-electron chi connectivity index (χ4n) is 3.08. The largest absolute Gasteiger partial charge is 0.488 e. The van der Waals surface area contributed by atoms with Crippen molar-refractivity contribution >= 4 is 28.1 Å². The Morgan fingerprint density at radius 2 is 1.88 bits per heavy atom. The average molecular weight is 489 g/mol. The highest BCUT2D eigenvalue weighted by Gasteiger charge is 2.06.